The third-order valence-corrected chi connectivity index (χ3v) is 4.73. The van der Waals surface area contributed by atoms with Crippen LogP contribution in [-0.2, 0) is 16.0 Å². The molecule has 1 aromatic carbocycles. The van der Waals surface area contributed by atoms with Crippen LogP contribution in [-0.4, -0.2) is 24.1 Å². The molecule has 0 saturated carbocycles. The van der Waals surface area contributed by atoms with Crippen molar-refractivity contribution < 1.29 is 14.0 Å². The number of thiophene rings is 1. The first-order valence-corrected chi connectivity index (χ1v) is 9.76. The Kier molecular flexibility index (Phi) is 7.94. The number of amides is 2. The quantitative estimate of drug-likeness (QED) is 0.514. The maximum absolute atomic E-state index is 13.7. The van der Waals surface area contributed by atoms with Gasteiger partial charge in [0.1, 0.15) is 11.9 Å². The Bertz CT molecular complexity index is 789. The van der Waals surface area contributed by atoms with Crippen LogP contribution in [0, 0.1) is 11.7 Å². The third kappa shape index (κ3) is 6.77. The molecule has 0 aliphatic carbocycles. The van der Waals surface area contributed by atoms with Crippen molar-refractivity contribution in [3.8, 4) is 0 Å². The van der Waals surface area contributed by atoms with Gasteiger partial charge in [0.05, 0.1) is 17.7 Å². The molecule has 0 saturated heterocycles. The van der Waals surface area contributed by atoms with Crippen LogP contribution >= 0.6 is 22.9 Å². The summed E-state index contributed by atoms with van der Waals surface area (Å²) in [6, 6.07) is 5.39. The van der Waals surface area contributed by atoms with E-state index in [-0.39, 0.29) is 28.8 Å². The Morgan fingerprint density at radius 1 is 1.33 bits per heavy atom. The molecule has 0 spiro atoms. The topological polar surface area (TPSA) is 70.6 Å². The molecule has 1 atom stereocenters. The minimum absolute atomic E-state index is 0.0846. The summed E-state index contributed by atoms with van der Waals surface area (Å²) in [7, 11) is 0. The molecule has 144 valence electrons. The van der Waals surface area contributed by atoms with Gasteiger partial charge in [-0.3, -0.25) is 9.59 Å². The third-order valence-electron chi connectivity index (χ3n) is 3.67. The van der Waals surface area contributed by atoms with E-state index < -0.39 is 17.8 Å². The van der Waals surface area contributed by atoms with Crippen LogP contribution in [0.3, 0.4) is 0 Å². The molecule has 1 heterocycles. The summed E-state index contributed by atoms with van der Waals surface area (Å²) >= 11 is 7.42. The molecule has 0 fully saturated rings. The second kappa shape index (κ2) is 10.2. The van der Waals surface area contributed by atoms with Gasteiger partial charge in [-0.05, 0) is 46.9 Å². The Morgan fingerprint density at radius 3 is 2.74 bits per heavy atom. The van der Waals surface area contributed by atoms with E-state index >= 15 is 0 Å². The standard InChI is InChI=1S/C19H21ClFN3O2S/c1-12(2)8-17(23-18(25)9-13-6-7-27-11-13)19(26)24-22-10-14-15(20)4-3-5-16(14)21/h3-7,10-12,17H,8-9H2,1-2H3,(H,23,25)(H,24,26)/b22-10-/t17-/m1/s1. The van der Waals surface area contributed by atoms with Crippen LogP contribution in [0.15, 0.2) is 40.1 Å². The first-order chi connectivity index (χ1) is 12.9. The highest BCUT2D eigenvalue weighted by molar-refractivity contribution is 7.08. The van der Waals surface area contributed by atoms with Gasteiger partial charge in [-0.2, -0.15) is 16.4 Å². The molecule has 0 aliphatic rings. The lowest BCUT2D eigenvalue weighted by atomic mass is 10.0. The summed E-state index contributed by atoms with van der Waals surface area (Å²) in [5, 5.41) is 10.5. The van der Waals surface area contributed by atoms with Crippen LogP contribution in [0.2, 0.25) is 5.02 Å². The minimum Gasteiger partial charge on any atom is -0.344 e. The molecule has 2 amide bonds. The number of hydrazone groups is 1. The van der Waals surface area contributed by atoms with Crippen molar-refractivity contribution in [1.29, 1.82) is 0 Å². The SMILES string of the molecule is CC(C)C[C@@H](NC(=O)Cc1ccsc1)C(=O)N/N=C\c1c(F)cccc1Cl. The van der Waals surface area contributed by atoms with E-state index in [1.54, 1.807) is 0 Å². The number of benzene rings is 1. The van der Waals surface area contributed by atoms with E-state index in [9.17, 15) is 14.0 Å². The predicted octanol–water partition coefficient (Wildman–Crippen LogP) is 3.76. The molecular formula is C19H21ClFN3O2S. The van der Waals surface area contributed by atoms with Gasteiger partial charge in [0.2, 0.25) is 5.91 Å². The van der Waals surface area contributed by atoms with E-state index in [2.05, 4.69) is 15.8 Å². The first kappa shape index (κ1) is 21.1. The maximum Gasteiger partial charge on any atom is 0.262 e. The van der Waals surface area contributed by atoms with Crippen molar-refractivity contribution in [2.45, 2.75) is 32.7 Å². The molecular weight excluding hydrogens is 389 g/mol. The fourth-order valence-corrected chi connectivity index (χ4v) is 3.28. The Balaban J connectivity index is 1.99. The highest BCUT2D eigenvalue weighted by atomic mass is 35.5. The van der Waals surface area contributed by atoms with Crippen molar-refractivity contribution in [1.82, 2.24) is 10.7 Å². The van der Waals surface area contributed by atoms with Gasteiger partial charge in [-0.1, -0.05) is 31.5 Å². The number of rotatable bonds is 8. The van der Waals surface area contributed by atoms with Crippen molar-refractivity contribution in [2.24, 2.45) is 11.0 Å². The molecule has 27 heavy (non-hydrogen) atoms. The zero-order valence-electron chi connectivity index (χ0n) is 15.0. The summed E-state index contributed by atoms with van der Waals surface area (Å²) < 4.78 is 13.7. The minimum atomic E-state index is -0.732. The highest BCUT2D eigenvalue weighted by Crippen LogP contribution is 2.16. The molecule has 8 heteroatoms. The lowest BCUT2D eigenvalue weighted by molar-refractivity contribution is -0.129. The summed E-state index contributed by atoms with van der Waals surface area (Å²) in [5.41, 5.74) is 3.33. The van der Waals surface area contributed by atoms with Crippen LogP contribution in [0.5, 0.6) is 0 Å². The summed E-state index contributed by atoms with van der Waals surface area (Å²) in [6.07, 6.45) is 1.81. The second-order valence-corrected chi connectivity index (χ2v) is 7.61. The molecule has 2 rings (SSSR count). The molecule has 5 nitrogen and oxygen atoms in total. The number of carbonyl (C=O) groups is 2. The van der Waals surface area contributed by atoms with Crippen LogP contribution < -0.4 is 10.7 Å². The number of nitrogens with one attached hydrogen (secondary N) is 2. The number of nitrogens with zero attached hydrogens (tertiary/aromatic N) is 1. The zero-order chi connectivity index (χ0) is 19.8. The van der Waals surface area contributed by atoms with Gasteiger partial charge in [-0.25, -0.2) is 9.82 Å². The van der Waals surface area contributed by atoms with Gasteiger partial charge in [0, 0.05) is 5.56 Å². The fourth-order valence-electron chi connectivity index (χ4n) is 2.40. The van der Waals surface area contributed by atoms with Gasteiger partial charge in [0.15, 0.2) is 0 Å². The van der Waals surface area contributed by atoms with E-state index in [0.717, 1.165) is 11.8 Å². The van der Waals surface area contributed by atoms with Crippen LogP contribution in [0.1, 0.15) is 31.4 Å². The maximum atomic E-state index is 13.7. The Hall–Kier alpha value is -2.25. The summed E-state index contributed by atoms with van der Waals surface area (Å²) in [5.74, 6) is -1.06. The Morgan fingerprint density at radius 2 is 2.11 bits per heavy atom. The van der Waals surface area contributed by atoms with E-state index in [0.29, 0.717) is 6.42 Å². The molecule has 0 unspecified atom stereocenters. The van der Waals surface area contributed by atoms with E-state index in [4.69, 9.17) is 11.6 Å². The number of carbonyl (C=O) groups excluding carboxylic acids is 2. The van der Waals surface area contributed by atoms with E-state index in [1.807, 2.05) is 30.7 Å². The van der Waals surface area contributed by atoms with Gasteiger partial charge >= 0.3 is 0 Å². The second-order valence-electron chi connectivity index (χ2n) is 6.43. The van der Waals surface area contributed by atoms with Gasteiger partial charge < -0.3 is 5.32 Å². The van der Waals surface area contributed by atoms with E-state index in [1.165, 1.54) is 29.5 Å². The smallest absolute Gasteiger partial charge is 0.262 e. The number of hydrogen-bond donors (Lipinski definition) is 2. The molecule has 1 aromatic heterocycles. The molecule has 2 N–H and O–H groups in total. The van der Waals surface area contributed by atoms with Crippen molar-refractivity contribution in [2.75, 3.05) is 0 Å². The number of hydrogen-bond acceptors (Lipinski definition) is 4. The highest BCUT2D eigenvalue weighted by Gasteiger charge is 2.22. The fraction of sp³-hybridized carbons (Fsp3) is 0.316. The first-order valence-electron chi connectivity index (χ1n) is 8.44. The lowest BCUT2D eigenvalue weighted by Gasteiger charge is -2.18. The normalized spacial score (nSPS) is 12.3. The predicted molar refractivity (Wildman–Crippen MR) is 107 cm³/mol. The Labute approximate surface area is 166 Å². The largest absolute Gasteiger partial charge is 0.344 e. The lowest BCUT2D eigenvalue weighted by Crippen LogP contribution is -2.46. The van der Waals surface area contributed by atoms with Gasteiger partial charge in [-0.15, -0.1) is 0 Å². The van der Waals surface area contributed by atoms with Crippen LogP contribution in [0.25, 0.3) is 0 Å². The average molecular weight is 410 g/mol. The average Bonchev–Trinajstić information content (AvgIpc) is 3.09. The van der Waals surface area contributed by atoms with Crippen molar-refractivity contribution >= 4 is 41.0 Å². The molecule has 0 radical (unpaired) electrons. The number of halogens is 2. The van der Waals surface area contributed by atoms with Gasteiger partial charge in [0.25, 0.3) is 5.91 Å². The summed E-state index contributed by atoms with van der Waals surface area (Å²) in [6.45, 7) is 3.90. The van der Waals surface area contributed by atoms with Crippen molar-refractivity contribution in [3.05, 3.63) is 57.0 Å². The summed E-state index contributed by atoms with van der Waals surface area (Å²) in [4.78, 5) is 24.6. The monoisotopic (exact) mass is 409 g/mol. The zero-order valence-corrected chi connectivity index (χ0v) is 16.6. The molecule has 0 aliphatic heterocycles. The molecule has 2 aromatic rings. The van der Waals surface area contributed by atoms with Crippen LogP contribution in [0.4, 0.5) is 4.39 Å². The van der Waals surface area contributed by atoms with Crippen molar-refractivity contribution in [3.63, 3.8) is 0 Å². The molecule has 0 bridgehead atoms.